The monoisotopic (exact) mass is 248 g/mol. The molecule has 0 radical (unpaired) electrons. The Hall–Kier alpha value is -1.81. The summed E-state index contributed by atoms with van der Waals surface area (Å²) in [7, 11) is 0. The number of halogens is 1. The van der Waals surface area contributed by atoms with E-state index in [1.54, 1.807) is 0 Å². The third-order valence-corrected chi connectivity index (χ3v) is 2.59. The van der Waals surface area contributed by atoms with Crippen LogP contribution in [0.1, 0.15) is 5.56 Å². The van der Waals surface area contributed by atoms with Crippen molar-refractivity contribution in [2.24, 2.45) is 0 Å². The number of aromatic nitrogens is 2. The number of nitrogen functional groups attached to an aromatic ring is 1. The maximum absolute atomic E-state index is 5.93. The lowest BCUT2D eigenvalue weighted by atomic mass is 10.1. The number of benzene rings is 1. The van der Waals surface area contributed by atoms with Crippen molar-refractivity contribution in [3.8, 4) is 0 Å². The molecule has 0 atom stereocenters. The molecule has 4 nitrogen and oxygen atoms in total. The molecule has 0 saturated heterocycles. The Morgan fingerprint density at radius 1 is 1.24 bits per heavy atom. The Kier molecular flexibility index (Phi) is 3.77. The summed E-state index contributed by atoms with van der Waals surface area (Å²) in [6.07, 6.45) is 2.40. The van der Waals surface area contributed by atoms with Crippen LogP contribution in [0.4, 0.5) is 11.8 Å². The lowest BCUT2D eigenvalue weighted by molar-refractivity contribution is 1.00. The van der Waals surface area contributed by atoms with Crippen molar-refractivity contribution in [3.63, 3.8) is 0 Å². The van der Waals surface area contributed by atoms with Crippen LogP contribution < -0.4 is 11.1 Å². The molecular weight excluding hydrogens is 236 g/mol. The maximum Gasteiger partial charge on any atom is 0.222 e. The molecule has 0 saturated carbocycles. The zero-order valence-electron chi connectivity index (χ0n) is 9.23. The number of nitrogens with one attached hydrogen (secondary N) is 1. The van der Waals surface area contributed by atoms with Gasteiger partial charge in [-0.15, -0.1) is 0 Å². The fraction of sp³-hybridized carbons (Fsp3) is 0.167. The van der Waals surface area contributed by atoms with Gasteiger partial charge in [-0.05, 0) is 12.0 Å². The van der Waals surface area contributed by atoms with Gasteiger partial charge in [-0.25, -0.2) is 4.98 Å². The van der Waals surface area contributed by atoms with Crippen LogP contribution in [0.15, 0.2) is 36.5 Å². The summed E-state index contributed by atoms with van der Waals surface area (Å²) in [5.74, 6) is 0.798. The second kappa shape index (κ2) is 5.50. The first-order chi connectivity index (χ1) is 8.25. The Morgan fingerprint density at radius 3 is 2.76 bits per heavy atom. The van der Waals surface area contributed by atoms with Crippen LogP contribution in [0.3, 0.4) is 0 Å². The van der Waals surface area contributed by atoms with E-state index in [1.807, 2.05) is 18.2 Å². The Balaban J connectivity index is 1.92. The van der Waals surface area contributed by atoms with Gasteiger partial charge in [0.25, 0.3) is 0 Å². The summed E-state index contributed by atoms with van der Waals surface area (Å²) in [4.78, 5) is 7.83. The molecule has 3 N–H and O–H groups in total. The van der Waals surface area contributed by atoms with Crippen molar-refractivity contribution < 1.29 is 0 Å². The van der Waals surface area contributed by atoms with Crippen LogP contribution in [-0.2, 0) is 6.42 Å². The number of hydrogen-bond acceptors (Lipinski definition) is 4. The van der Waals surface area contributed by atoms with Crippen LogP contribution in [0.2, 0.25) is 5.02 Å². The quantitative estimate of drug-likeness (QED) is 0.872. The van der Waals surface area contributed by atoms with E-state index < -0.39 is 0 Å². The summed E-state index contributed by atoms with van der Waals surface area (Å²) in [5, 5.41) is 3.62. The van der Waals surface area contributed by atoms with Gasteiger partial charge in [-0.1, -0.05) is 41.9 Å². The SMILES string of the molecule is Nc1ncc(Cl)c(NCCc2ccccc2)n1. The second-order valence-electron chi connectivity index (χ2n) is 3.59. The van der Waals surface area contributed by atoms with E-state index in [4.69, 9.17) is 17.3 Å². The molecule has 0 amide bonds. The lowest BCUT2D eigenvalue weighted by Gasteiger charge is -2.07. The molecule has 1 heterocycles. The molecule has 0 unspecified atom stereocenters. The highest BCUT2D eigenvalue weighted by molar-refractivity contribution is 6.32. The zero-order chi connectivity index (χ0) is 12.1. The van der Waals surface area contributed by atoms with Crippen molar-refractivity contribution in [3.05, 3.63) is 47.1 Å². The van der Waals surface area contributed by atoms with Gasteiger partial charge >= 0.3 is 0 Å². The summed E-state index contributed by atoms with van der Waals surface area (Å²) < 4.78 is 0. The van der Waals surface area contributed by atoms with E-state index in [0.29, 0.717) is 10.8 Å². The lowest BCUT2D eigenvalue weighted by Crippen LogP contribution is -2.08. The fourth-order valence-electron chi connectivity index (χ4n) is 1.47. The van der Waals surface area contributed by atoms with Crippen LogP contribution in [0.5, 0.6) is 0 Å². The molecule has 2 rings (SSSR count). The van der Waals surface area contributed by atoms with E-state index in [0.717, 1.165) is 13.0 Å². The number of nitrogens with zero attached hydrogens (tertiary/aromatic N) is 2. The molecule has 88 valence electrons. The summed E-state index contributed by atoms with van der Waals surface area (Å²) in [5.41, 5.74) is 6.75. The molecule has 5 heteroatoms. The third-order valence-electron chi connectivity index (χ3n) is 2.31. The Bertz CT molecular complexity index is 487. The maximum atomic E-state index is 5.93. The topological polar surface area (TPSA) is 63.8 Å². The van der Waals surface area contributed by atoms with Gasteiger partial charge in [-0.3, -0.25) is 0 Å². The van der Waals surface area contributed by atoms with E-state index >= 15 is 0 Å². The summed E-state index contributed by atoms with van der Waals surface area (Å²) in [6, 6.07) is 10.2. The van der Waals surface area contributed by atoms with Gasteiger partial charge in [0, 0.05) is 6.54 Å². The summed E-state index contributed by atoms with van der Waals surface area (Å²) in [6.45, 7) is 0.750. The smallest absolute Gasteiger partial charge is 0.222 e. The highest BCUT2D eigenvalue weighted by atomic mass is 35.5. The number of nitrogens with two attached hydrogens (primary N) is 1. The van der Waals surface area contributed by atoms with E-state index in [1.165, 1.54) is 11.8 Å². The van der Waals surface area contributed by atoms with Gasteiger partial charge in [0.1, 0.15) is 10.8 Å². The van der Waals surface area contributed by atoms with Gasteiger partial charge in [0.05, 0.1) is 6.20 Å². The van der Waals surface area contributed by atoms with Crippen LogP contribution in [0, 0.1) is 0 Å². The minimum atomic E-state index is 0.219. The molecular formula is C12H13ClN4. The second-order valence-corrected chi connectivity index (χ2v) is 3.99. The molecule has 0 fully saturated rings. The predicted octanol–water partition coefficient (Wildman–Crippen LogP) is 2.37. The minimum absolute atomic E-state index is 0.219. The number of rotatable bonds is 4. The molecule has 17 heavy (non-hydrogen) atoms. The van der Waals surface area contributed by atoms with Gasteiger partial charge in [0.15, 0.2) is 0 Å². The van der Waals surface area contributed by atoms with Crippen molar-refractivity contribution >= 4 is 23.4 Å². The highest BCUT2D eigenvalue weighted by Gasteiger charge is 2.02. The first-order valence-corrected chi connectivity index (χ1v) is 5.69. The van der Waals surface area contributed by atoms with Gasteiger partial charge in [0.2, 0.25) is 5.95 Å². The molecule has 0 bridgehead atoms. The van der Waals surface area contributed by atoms with Crippen molar-refractivity contribution in [1.29, 1.82) is 0 Å². The van der Waals surface area contributed by atoms with E-state index in [-0.39, 0.29) is 5.95 Å². The average molecular weight is 249 g/mol. The standard InChI is InChI=1S/C12H13ClN4/c13-10-8-16-12(14)17-11(10)15-7-6-9-4-2-1-3-5-9/h1-5,8H,6-7H2,(H3,14,15,16,17). The van der Waals surface area contributed by atoms with Crippen LogP contribution in [-0.4, -0.2) is 16.5 Å². The first-order valence-electron chi connectivity index (χ1n) is 5.31. The van der Waals surface area contributed by atoms with Crippen molar-refractivity contribution in [2.45, 2.75) is 6.42 Å². The predicted molar refractivity (Wildman–Crippen MR) is 70.1 cm³/mol. The Labute approximate surface area is 105 Å². The summed E-state index contributed by atoms with van der Waals surface area (Å²) >= 11 is 5.93. The molecule has 2 aromatic rings. The first kappa shape index (κ1) is 11.7. The van der Waals surface area contributed by atoms with Crippen molar-refractivity contribution in [2.75, 3.05) is 17.6 Å². The van der Waals surface area contributed by atoms with Gasteiger partial charge < -0.3 is 11.1 Å². The van der Waals surface area contributed by atoms with Crippen LogP contribution in [0.25, 0.3) is 0 Å². The Morgan fingerprint density at radius 2 is 2.00 bits per heavy atom. The number of hydrogen-bond donors (Lipinski definition) is 2. The minimum Gasteiger partial charge on any atom is -0.368 e. The fourth-order valence-corrected chi connectivity index (χ4v) is 1.63. The third kappa shape index (κ3) is 3.32. The molecule has 1 aromatic heterocycles. The normalized spacial score (nSPS) is 10.2. The van der Waals surface area contributed by atoms with E-state index in [2.05, 4.69) is 27.4 Å². The molecule has 0 aliphatic heterocycles. The largest absolute Gasteiger partial charge is 0.368 e. The molecule has 0 aliphatic rings. The average Bonchev–Trinajstić information content (AvgIpc) is 2.35. The molecule has 0 aliphatic carbocycles. The molecule has 0 spiro atoms. The van der Waals surface area contributed by atoms with Crippen LogP contribution >= 0.6 is 11.6 Å². The number of anilines is 2. The van der Waals surface area contributed by atoms with E-state index in [9.17, 15) is 0 Å². The highest BCUT2D eigenvalue weighted by Crippen LogP contribution is 2.18. The zero-order valence-corrected chi connectivity index (χ0v) is 9.98. The molecule has 1 aromatic carbocycles. The van der Waals surface area contributed by atoms with Gasteiger partial charge in [-0.2, -0.15) is 4.98 Å². The van der Waals surface area contributed by atoms with Crippen molar-refractivity contribution in [1.82, 2.24) is 9.97 Å².